The highest BCUT2D eigenvalue weighted by atomic mass is 15.3. The molecule has 2 heterocycles. The van der Waals surface area contributed by atoms with Crippen molar-refractivity contribution in [1.29, 1.82) is 0 Å². The van der Waals surface area contributed by atoms with E-state index in [1.54, 1.807) is 0 Å². The number of likely N-dealkylation sites (tertiary alicyclic amines) is 1. The van der Waals surface area contributed by atoms with Crippen molar-refractivity contribution < 1.29 is 0 Å². The van der Waals surface area contributed by atoms with E-state index in [9.17, 15) is 0 Å². The van der Waals surface area contributed by atoms with Gasteiger partial charge >= 0.3 is 0 Å². The Bertz CT molecular complexity index is 251. The van der Waals surface area contributed by atoms with E-state index in [0.29, 0.717) is 6.04 Å². The van der Waals surface area contributed by atoms with Gasteiger partial charge in [0.2, 0.25) is 0 Å². The van der Waals surface area contributed by atoms with Crippen molar-refractivity contribution in [2.75, 3.05) is 52.4 Å². The van der Waals surface area contributed by atoms with Gasteiger partial charge < -0.3 is 10.6 Å². The molecule has 3 fully saturated rings. The Labute approximate surface area is 111 Å². The summed E-state index contributed by atoms with van der Waals surface area (Å²) in [6, 6.07) is 1.30. The zero-order valence-corrected chi connectivity index (χ0v) is 11.6. The topological polar surface area (TPSA) is 35.7 Å². The van der Waals surface area contributed by atoms with Gasteiger partial charge in [0.15, 0.2) is 0 Å². The normalized spacial score (nSPS) is 35.8. The van der Waals surface area contributed by atoms with E-state index in [1.165, 1.54) is 78.0 Å². The molecule has 1 saturated carbocycles. The molecule has 0 spiro atoms. The standard InChI is InChI=1S/C14H28N4/c15-13-11-14(12-13)18-9-7-17(8-10-18)6-5-16-3-1-2-4-16/h13-14H,1-12,15H2. The van der Waals surface area contributed by atoms with Crippen LogP contribution < -0.4 is 5.73 Å². The third kappa shape index (κ3) is 3.05. The molecule has 2 saturated heterocycles. The molecular formula is C14H28N4. The van der Waals surface area contributed by atoms with Gasteiger partial charge in [0.05, 0.1) is 0 Å². The molecule has 104 valence electrons. The van der Waals surface area contributed by atoms with Crippen LogP contribution >= 0.6 is 0 Å². The molecular weight excluding hydrogens is 224 g/mol. The number of rotatable bonds is 4. The second kappa shape index (κ2) is 5.87. The molecule has 0 aromatic carbocycles. The molecule has 3 aliphatic rings. The molecule has 0 radical (unpaired) electrons. The van der Waals surface area contributed by atoms with Crippen LogP contribution in [0.2, 0.25) is 0 Å². The molecule has 0 atom stereocenters. The number of nitrogens with zero attached hydrogens (tertiary/aromatic N) is 3. The van der Waals surface area contributed by atoms with Crippen LogP contribution in [-0.2, 0) is 0 Å². The number of nitrogens with two attached hydrogens (primary N) is 1. The van der Waals surface area contributed by atoms with Gasteiger partial charge in [-0.2, -0.15) is 0 Å². The summed E-state index contributed by atoms with van der Waals surface area (Å²) in [5, 5.41) is 0. The fraction of sp³-hybridized carbons (Fsp3) is 1.00. The molecule has 0 unspecified atom stereocenters. The van der Waals surface area contributed by atoms with Crippen LogP contribution in [0.25, 0.3) is 0 Å². The summed E-state index contributed by atoms with van der Waals surface area (Å²) in [5.41, 5.74) is 5.88. The number of hydrogen-bond donors (Lipinski definition) is 1. The molecule has 0 bridgehead atoms. The second-order valence-electron chi connectivity index (χ2n) is 6.31. The maximum atomic E-state index is 5.88. The molecule has 4 heteroatoms. The van der Waals surface area contributed by atoms with Crippen LogP contribution in [0.5, 0.6) is 0 Å². The highest BCUT2D eigenvalue weighted by Crippen LogP contribution is 2.24. The lowest BCUT2D eigenvalue weighted by molar-refractivity contribution is 0.0499. The Morgan fingerprint density at radius 2 is 1.33 bits per heavy atom. The van der Waals surface area contributed by atoms with Crippen molar-refractivity contribution in [3.63, 3.8) is 0 Å². The molecule has 4 nitrogen and oxygen atoms in total. The lowest BCUT2D eigenvalue weighted by atomic mass is 9.86. The third-order valence-electron chi connectivity index (χ3n) is 5.00. The zero-order valence-electron chi connectivity index (χ0n) is 11.6. The minimum atomic E-state index is 0.489. The number of hydrogen-bond acceptors (Lipinski definition) is 4. The highest BCUT2D eigenvalue weighted by Gasteiger charge is 2.32. The first-order valence-electron chi connectivity index (χ1n) is 7.75. The van der Waals surface area contributed by atoms with Gasteiger partial charge in [-0.1, -0.05) is 0 Å². The van der Waals surface area contributed by atoms with Gasteiger partial charge in [0.1, 0.15) is 0 Å². The van der Waals surface area contributed by atoms with E-state index in [4.69, 9.17) is 5.73 Å². The van der Waals surface area contributed by atoms with E-state index < -0.39 is 0 Å². The van der Waals surface area contributed by atoms with E-state index in [-0.39, 0.29) is 0 Å². The van der Waals surface area contributed by atoms with Crippen LogP contribution in [0.4, 0.5) is 0 Å². The van der Waals surface area contributed by atoms with Crippen LogP contribution in [0.15, 0.2) is 0 Å². The summed E-state index contributed by atoms with van der Waals surface area (Å²) in [6.07, 6.45) is 5.28. The molecule has 0 aromatic heterocycles. The van der Waals surface area contributed by atoms with E-state index in [2.05, 4.69) is 14.7 Å². The van der Waals surface area contributed by atoms with Gasteiger partial charge in [0, 0.05) is 51.4 Å². The summed E-state index contributed by atoms with van der Waals surface area (Å²) in [6.45, 7) is 10.3. The van der Waals surface area contributed by atoms with Crippen molar-refractivity contribution in [2.45, 2.75) is 37.8 Å². The van der Waals surface area contributed by atoms with Crippen molar-refractivity contribution in [3.8, 4) is 0 Å². The van der Waals surface area contributed by atoms with Crippen LogP contribution in [0.3, 0.4) is 0 Å². The average Bonchev–Trinajstić information content (AvgIpc) is 2.86. The zero-order chi connectivity index (χ0) is 12.4. The number of piperazine rings is 1. The molecule has 2 aliphatic heterocycles. The van der Waals surface area contributed by atoms with Crippen LogP contribution in [-0.4, -0.2) is 79.1 Å². The predicted molar refractivity (Wildman–Crippen MR) is 74.7 cm³/mol. The maximum Gasteiger partial charge on any atom is 0.0126 e. The van der Waals surface area contributed by atoms with Crippen molar-refractivity contribution in [2.24, 2.45) is 5.73 Å². The Morgan fingerprint density at radius 3 is 1.89 bits per heavy atom. The second-order valence-corrected chi connectivity index (χ2v) is 6.31. The monoisotopic (exact) mass is 252 g/mol. The summed E-state index contributed by atoms with van der Waals surface area (Å²) in [5.74, 6) is 0. The van der Waals surface area contributed by atoms with Crippen molar-refractivity contribution in [1.82, 2.24) is 14.7 Å². The Balaban J connectivity index is 1.32. The summed E-state index contributed by atoms with van der Waals surface area (Å²) in [7, 11) is 0. The summed E-state index contributed by atoms with van der Waals surface area (Å²) in [4.78, 5) is 7.93. The van der Waals surface area contributed by atoms with Gasteiger partial charge in [-0.05, 0) is 38.8 Å². The van der Waals surface area contributed by atoms with E-state index in [1.807, 2.05) is 0 Å². The first kappa shape index (κ1) is 12.9. The summed E-state index contributed by atoms with van der Waals surface area (Å²) < 4.78 is 0. The largest absolute Gasteiger partial charge is 0.328 e. The smallest absolute Gasteiger partial charge is 0.0126 e. The van der Waals surface area contributed by atoms with E-state index >= 15 is 0 Å². The van der Waals surface area contributed by atoms with E-state index in [0.717, 1.165) is 6.04 Å². The van der Waals surface area contributed by atoms with Gasteiger partial charge in [0.25, 0.3) is 0 Å². The fourth-order valence-corrected chi connectivity index (χ4v) is 3.57. The predicted octanol–water partition coefficient (Wildman–Crippen LogP) is 0.190. The fourth-order valence-electron chi connectivity index (χ4n) is 3.57. The van der Waals surface area contributed by atoms with Crippen LogP contribution in [0, 0.1) is 0 Å². The van der Waals surface area contributed by atoms with Crippen molar-refractivity contribution >= 4 is 0 Å². The Kier molecular flexibility index (Phi) is 4.19. The SMILES string of the molecule is NC1CC(N2CCN(CCN3CCCC3)CC2)C1. The van der Waals surface area contributed by atoms with Gasteiger partial charge in [-0.15, -0.1) is 0 Å². The lowest BCUT2D eigenvalue weighted by Gasteiger charge is -2.45. The molecule has 1 aliphatic carbocycles. The minimum absolute atomic E-state index is 0.489. The highest BCUT2D eigenvalue weighted by molar-refractivity contribution is 4.91. The first-order chi connectivity index (χ1) is 8.81. The Hall–Kier alpha value is -0.160. The average molecular weight is 252 g/mol. The van der Waals surface area contributed by atoms with Crippen LogP contribution in [0.1, 0.15) is 25.7 Å². The molecule has 0 amide bonds. The molecule has 18 heavy (non-hydrogen) atoms. The molecule has 2 N–H and O–H groups in total. The Morgan fingerprint density at radius 1 is 0.778 bits per heavy atom. The first-order valence-corrected chi connectivity index (χ1v) is 7.75. The van der Waals surface area contributed by atoms with Gasteiger partial charge in [-0.3, -0.25) is 9.80 Å². The molecule has 3 rings (SSSR count). The quantitative estimate of drug-likeness (QED) is 0.775. The maximum absolute atomic E-state index is 5.88. The third-order valence-corrected chi connectivity index (χ3v) is 5.00. The molecule has 0 aromatic rings. The van der Waals surface area contributed by atoms with Gasteiger partial charge in [-0.25, -0.2) is 0 Å². The van der Waals surface area contributed by atoms with Crippen molar-refractivity contribution in [3.05, 3.63) is 0 Å². The lowest BCUT2D eigenvalue weighted by Crippen LogP contribution is -2.57. The summed E-state index contributed by atoms with van der Waals surface area (Å²) >= 11 is 0. The minimum Gasteiger partial charge on any atom is -0.328 e.